The van der Waals surface area contributed by atoms with Gasteiger partial charge in [0.05, 0.1) is 37.8 Å². The van der Waals surface area contributed by atoms with Crippen LogP contribution in [0.15, 0.2) is 18.2 Å². The third kappa shape index (κ3) is 4.96. The maximum Gasteiger partial charge on any atom is 0.428 e. The molecule has 1 aromatic rings. The first-order chi connectivity index (χ1) is 11.6. The van der Waals surface area contributed by atoms with Crippen LogP contribution in [-0.4, -0.2) is 65.2 Å². The highest BCUT2D eigenvalue weighted by atomic mass is 28.3. The van der Waals surface area contributed by atoms with E-state index in [9.17, 15) is 27.5 Å². The van der Waals surface area contributed by atoms with Crippen LogP contribution in [0.4, 0.5) is 17.6 Å². The van der Waals surface area contributed by atoms with Gasteiger partial charge in [0.1, 0.15) is 11.6 Å². The van der Waals surface area contributed by atoms with E-state index in [0.29, 0.717) is 0 Å². The lowest BCUT2D eigenvalue weighted by Crippen LogP contribution is -2.61. The molecule has 1 atom stereocenters. The van der Waals surface area contributed by atoms with Crippen LogP contribution in [0.3, 0.4) is 0 Å². The van der Waals surface area contributed by atoms with Crippen molar-refractivity contribution in [1.82, 2.24) is 0 Å². The van der Waals surface area contributed by atoms with Crippen molar-refractivity contribution in [2.75, 3.05) is 7.11 Å². The molecule has 1 rings (SSSR count). The first kappa shape index (κ1) is 22.9. The average Bonchev–Trinajstić information content (AvgIpc) is 2.43. The fraction of sp³-hybridized carbons (Fsp3) is 0.533. The zero-order valence-electron chi connectivity index (χ0n) is 14.1. The summed E-state index contributed by atoms with van der Waals surface area (Å²) in [6.45, 7) is 2.68. The largest absolute Gasteiger partial charge is 0.496 e. The van der Waals surface area contributed by atoms with Crippen LogP contribution in [0.25, 0.3) is 0 Å². The van der Waals surface area contributed by atoms with Gasteiger partial charge in [0, 0.05) is 16.5 Å². The van der Waals surface area contributed by atoms with Crippen molar-refractivity contribution in [1.29, 1.82) is 0 Å². The van der Waals surface area contributed by atoms with E-state index in [0.717, 1.165) is 12.1 Å². The first-order valence-electron chi connectivity index (χ1n) is 7.15. The van der Waals surface area contributed by atoms with Crippen LogP contribution in [0.1, 0.15) is 25.8 Å². The summed E-state index contributed by atoms with van der Waals surface area (Å²) >= 11 is 0. The Balaban J connectivity index is 3.55. The van der Waals surface area contributed by atoms with E-state index in [2.05, 4.69) is 30.7 Å². The van der Waals surface area contributed by atoms with Crippen molar-refractivity contribution in [3.05, 3.63) is 29.6 Å². The molecule has 1 N–H and O–H groups in total. The Hall–Kier alpha value is -1.18. The standard InChI is InChI=1S/C15H15F4O4Si3/c1-12(2,9-6-8(16)4-5-10(9)22-3)7-13(11(20)21,14(17,18)19)23-15(24,25)26/h4-6H,7H2,1-3H3,(H,20,21)/t13-/m0/s1. The molecular weight excluding hydrogens is 404 g/mol. The Kier molecular flexibility index (Phi) is 6.55. The first-order valence-corrected chi connectivity index (χ1v) is 8.65. The molecule has 0 saturated heterocycles. The number of rotatable bonds is 7. The molecule has 4 nitrogen and oxygen atoms in total. The topological polar surface area (TPSA) is 55.8 Å². The molecule has 0 unspecified atom stereocenters. The number of carboxylic acid groups (broad SMARTS) is 1. The smallest absolute Gasteiger partial charge is 0.428 e. The summed E-state index contributed by atoms with van der Waals surface area (Å²) in [6.07, 6.45) is -6.34. The number of ether oxygens (including phenoxy) is 2. The maximum atomic E-state index is 13.8. The van der Waals surface area contributed by atoms with Gasteiger partial charge in [-0.2, -0.15) is 13.2 Å². The molecule has 0 aliphatic heterocycles. The number of carbonyl (C=O) groups is 1. The van der Waals surface area contributed by atoms with Gasteiger partial charge < -0.3 is 14.6 Å². The van der Waals surface area contributed by atoms with Gasteiger partial charge in [-0.25, -0.2) is 9.18 Å². The van der Waals surface area contributed by atoms with Crippen molar-refractivity contribution in [3.8, 4) is 5.75 Å². The van der Waals surface area contributed by atoms with E-state index in [1.807, 2.05) is 0 Å². The summed E-state index contributed by atoms with van der Waals surface area (Å²) in [5, 5.41) is 9.40. The predicted octanol–water partition coefficient (Wildman–Crippen LogP) is 2.02. The number of benzene rings is 1. The van der Waals surface area contributed by atoms with E-state index < -0.39 is 39.9 Å². The lowest BCUT2D eigenvalue weighted by molar-refractivity contribution is -0.283. The zero-order chi connectivity index (χ0) is 20.6. The van der Waals surface area contributed by atoms with E-state index in [1.165, 1.54) is 27.0 Å². The minimum Gasteiger partial charge on any atom is -0.496 e. The molecule has 9 radical (unpaired) electrons. The van der Waals surface area contributed by atoms with Crippen LogP contribution in [0.2, 0.25) is 0 Å². The third-order valence-corrected chi connectivity index (χ3v) is 4.02. The number of methoxy groups -OCH3 is 1. The van der Waals surface area contributed by atoms with Gasteiger partial charge in [-0.1, -0.05) is 13.8 Å². The van der Waals surface area contributed by atoms with Gasteiger partial charge in [0.2, 0.25) is 0 Å². The molecule has 0 heterocycles. The van der Waals surface area contributed by atoms with E-state index >= 15 is 0 Å². The SMILES string of the molecule is COc1ccc(F)cc1C(C)(C)C[C@](OC([Si])([Si])[Si])(C(=O)O)C(F)(F)F. The summed E-state index contributed by atoms with van der Waals surface area (Å²) in [6, 6.07) is 3.35. The second-order valence-corrected chi connectivity index (χ2v) is 9.93. The molecule has 0 bridgehead atoms. The molecule has 0 aliphatic rings. The van der Waals surface area contributed by atoms with Gasteiger partial charge in [0.15, 0.2) is 0 Å². The second kappa shape index (κ2) is 7.44. The van der Waals surface area contributed by atoms with Gasteiger partial charge in [0.25, 0.3) is 5.60 Å². The quantitative estimate of drug-likeness (QED) is 0.543. The maximum absolute atomic E-state index is 13.8. The monoisotopic (exact) mass is 419 g/mol. The molecular formula is C15H15F4O4Si3. The molecule has 0 amide bonds. The average molecular weight is 420 g/mol. The van der Waals surface area contributed by atoms with Crippen LogP contribution >= 0.6 is 0 Å². The molecule has 0 saturated carbocycles. The molecule has 11 heteroatoms. The van der Waals surface area contributed by atoms with Gasteiger partial charge in [-0.05, 0) is 23.6 Å². The van der Waals surface area contributed by atoms with E-state index in [4.69, 9.17) is 9.47 Å². The van der Waals surface area contributed by atoms with Crippen molar-refractivity contribution in [2.45, 2.75) is 41.9 Å². The van der Waals surface area contributed by atoms with Crippen molar-refractivity contribution in [3.63, 3.8) is 0 Å². The number of halogens is 4. The molecule has 0 aliphatic carbocycles. The minimum atomic E-state index is -5.28. The lowest BCUT2D eigenvalue weighted by atomic mass is 9.74. The van der Waals surface area contributed by atoms with Crippen LogP contribution in [0, 0.1) is 5.82 Å². The van der Waals surface area contributed by atoms with Gasteiger partial charge in [-0.15, -0.1) is 0 Å². The number of aliphatic carboxylic acids is 1. The van der Waals surface area contributed by atoms with E-state index in [-0.39, 0.29) is 11.3 Å². The number of carboxylic acids is 1. The van der Waals surface area contributed by atoms with Gasteiger partial charge >= 0.3 is 12.1 Å². The number of hydrogen-bond donors (Lipinski definition) is 1. The Morgan fingerprint density at radius 3 is 2.12 bits per heavy atom. The molecule has 0 fully saturated rings. The Morgan fingerprint density at radius 1 is 1.19 bits per heavy atom. The fourth-order valence-corrected chi connectivity index (χ4v) is 3.15. The Labute approximate surface area is 158 Å². The Morgan fingerprint density at radius 2 is 1.73 bits per heavy atom. The highest BCUT2D eigenvalue weighted by Gasteiger charge is 2.65. The van der Waals surface area contributed by atoms with Crippen LogP contribution < -0.4 is 4.74 Å². The lowest BCUT2D eigenvalue weighted by Gasteiger charge is -2.42. The predicted molar refractivity (Wildman–Crippen MR) is 88.1 cm³/mol. The third-order valence-electron chi connectivity index (χ3n) is 3.71. The van der Waals surface area contributed by atoms with Crippen LogP contribution in [-0.2, 0) is 14.9 Å². The summed E-state index contributed by atoms with van der Waals surface area (Å²) in [5.74, 6) is -2.82. The van der Waals surface area contributed by atoms with Crippen molar-refractivity contribution < 1.29 is 36.9 Å². The van der Waals surface area contributed by atoms with Crippen LogP contribution in [0.5, 0.6) is 5.75 Å². The van der Waals surface area contributed by atoms with E-state index in [1.54, 1.807) is 0 Å². The molecule has 139 valence electrons. The second-order valence-electron chi connectivity index (χ2n) is 6.32. The number of hydrogen-bond acceptors (Lipinski definition) is 3. The van der Waals surface area contributed by atoms with Gasteiger partial charge in [-0.3, -0.25) is 0 Å². The molecule has 0 spiro atoms. The Bertz CT molecular complexity index is 674. The fourth-order valence-electron chi connectivity index (χ4n) is 2.62. The summed E-state index contributed by atoms with van der Waals surface area (Å²) in [4.78, 5) is 11.7. The molecule has 26 heavy (non-hydrogen) atoms. The minimum absolute atomic E-state index is 0.0703. The normalized spacial score (nSPS) is 15.5. The summed E-state index contributed by atoms with van der Waals surface area (Å²) in [5.41, 5.74) is -5.03. The van der Waals surface area contributed by atoms with Crippen molar-refractivity contribution in [2.24, 2.45) is 0 Å². The summed E-state index contributed by atoms with van der Waals surface area (Å²) < 4.78 is 62.9. The van der Waals surface area contributed by atoms with Crippen molar-refractivity contribution >= 4 is 36.7 Å². The zero-order valence-corrected chi connectivity index (χ0v) is 17.1. The highest BCUT2D eigenvalue weighted by molar-refractivity contribution is 6.58. The highest BCUT2D eigenvalue weighted by Crippen LogP contribution is 2.46. The molecule has 1 aromatic carbocycles. The molecule has 0 aromatic heterocycles. The number of alkyl halides is 3. The summed E-state index contributed by atoms with van der Waals surface area (Å²) in [7, 11) is 9.66.